The number of rotatable bonds is 1. The highest BCUT2D eigenvalue weighted by Crippen LogP contribution is 1.82. The van der Waals surface area contributed by atoms with Crippen molar-refractivity contribution in [3.05, 3.63) is 0 Å². The van der Waals surface area contributed by atoms with Crippen LogP contribution in [0.1, 0.15) is 6.92 Å². The van der Waals surface area contributed by atoms with E-state index in [1.165, 1.54) is 11.8 Å². The second-order valence-corrected chi connectivity index (χ2v) is 2.57. The van der Waals surface area contributed by atoms with Gasteiger partial charge >= 0.3 is 5.97 Å². The molecule has 0 saturated carbocycles. The molecule has 72 valence electrons. The third kappa shape index (κ3) is 12.0. The SMILES string of the molecule is CC(O)C(=O)O.CN(C)C(=O)S. The molecule has 0 aromatic rings. The van der Waals surface area contributed by atoms with Crippen LogP contribution in [-0.2, 0) is 4.79 Å². The summed E-state index contributed by atoms with van der Waals surface area (Å²) in [5, 5.41) is 15.6. The van der Waals surface area contributed by atoms with Gasteiger partial charge in [-0.15, -0.1) is 0 Å². The van der Waals surface area contributed by atoms with Crippen molar-refractivity contribution in [1.29, 1.82) is 0 Å². The van der Waals surface area contributed by atoms with Crippen molar-refractivity contribution >= 4 is 23.8 Å². The second-order valence-electron chi connectivity index (χ2n) is 2.19. The van der Waals surface area contributed by atoms with Crippen LogP contribution in [0, 0.1) is 0 Å². The van der Waals surface area contributed by atoms with Crippen LogP contribution in [0.4, 0.5) is 4.79 Å². The van der Waals surface area contributed by atoms with Crippen molar-refractivity contribution in [2.75, 3.05) is 14.1 Å². The Morgan fingerprint density at radius 2 is 1.58 bits per heavy atom. The molecular formula is C6H13NO4S. The fraction of sp³-hybridized carbons (Fsp3) is 0.667. The second kappa shape index (κ2) is 6.93. The first-order chi connectivity index (χ1) is 5.29. The molecule has 0 bridgehead atoms. The molecule has 0 aliphatic carbocycles. The van der Waals surface area contributed by atoms with Gasteiger partial charge in [-0.1, -0.05) is 12.6 Å². The number of hydrogen-bond acceptors (Lipinski definition) is 3. The number of nitrogens with zero attached hydrogens (tertiary/aromatic N) is 1. The summed E-state index contributed by atoms with van der Waals surface area (Å²) in [7, 11) is 3.30. The van der Waals surface area contributed by atoms with E-state index >= 15 is 0 Å². The van der Waals surface area contributed by atoms with Crippen LogP contribution in [-0.4, -0.2) is 46.5 Å². The molecule has 1 atom stereocenters. The monoisotopic (exact) mass is 195 g/mol. The number of aliphatic carboxylic acids is 1. The molecule has 0 rings (SSSR count). The first-order valence-electron chi connectivity index (χ1n) is 3.10. The molecule has 0 radical (unpaired) electrons. The number of carboxylic acids is 1. The van der Waals surface area contributed by atoms with E-state index in [1.807, 2.05) is 0 Å². The Balaban J connectivity index is 0. The van der Waals surface area contributed by atoms with E-state index in [0.717, 1.165) is 0 Å². The van der Waals surface area contributed by atoms with Crippen molar-refractivity contribution in [3.8, 4) is 0 Å². The average molecular weight is 195 g/mol. The highest BCUT2D eigenvalue weighted by Gasteiger charge is 2.01. The molecule has 0 aliphatic heterocycles. The molecule has 6 heteroatoms. The molecule has 12 heavy (non-hydrogen) atoms. The Hall–Kier alpha value is -0.750. The van der Waals surface area contributed by atoms with E-state index in [0.29, 0.717) is 0 Å². The minimum absolute atomic E-state index is 0.213. The van der Waals surface area contributed by atoms with Crippen LogP contribution in [0.3, 0.4) is 0 Å². The maximum absolute atomic E-state index is 9.93. The summed E-state index contributed by atoms with van der Waals surface area (Å²) in [6.07, 6.45) is -1.23. The van der Waals surface area contributed by atoms with Crippen molar-refractivity contribution in [3.63, 3.8) is 0 Å². The van der Waals surface area contributed by atoms with E-state index in [4.69, 9.17) is 10.2 Å². The van der Waals surface area contributed by atoms with Crippen LogP contribution in [0.5, 0.6) is 0 Å². The van der Waals surface area contributed by atoms with E-state index in [2.05, 4.69) is 12.6 Å². The number of hydrogen-bond donors (Lipinski definition) is 3. The minimum Gasteiger partial charge on any atom is -0.479 e. The number of carbonyl (C=O) groups excluding carboxylic acids is 1. The number of amides is 1. The zero-order chi connectivity index (χ0) is 10.3. The predicted molar refractivity (Wildman–Crippen MR) is 47.4 cm³/mol. The van der Waals surface area contributed by atoms with Crippen molar-refractivity contribution < 1.29 is 19.8 Å². The molecule has 0 aromatic heterocycles. The van der Waals surface area contributed by atoms with Gasteiger partial charge in [-0.05, 0) is 6.92 Å². The Kier molecular flexibility index (Phi) is 7.98. The number of thiol groups is 1. The van der Waals surface area contributed by atoms with Gasteiger partial charge in [0.15, 0.2) is 0 Å². The molecular weight excluding hydrogens is 182 g/mol. The van der Waals surface area contributed by atoms with Gasteiger partial charge in [0.25, 0.3) is 5.24 Å². The lowest BCUT2D eigenvalue weighted by molar-refractivity contribution is -0.145. The molecule has 5 nitrogen and oxygen atoms in total. The molecule has 0 spiro atoms. The van der Waals surface area contributed by atoms with Gasteiger partial charge in [0, 0.05) is 14.1 Å². The fourth-order valence-electron chi connectivity index (χ4n) is 0. The van der Waals surface area contributed by atoms with Gasteiger partial charge < -0.3 is 15.1 Å². The summed E-state index contributed by atoms with van der Waals surface area (Å²) in [5.41, 5.74) is 0. The van der Waals surface area contributed by atoms with Crippen LogP contribution < -0.4 is 0 Å². The number of aliphatic hydroxyl groups is 1. The molecule has 1 amide bonds. The topological polar surface area (TPSA) is 77.8 Å². The Bertz CT molecular complexity index is 140. The molecule has 2 N–H and O–H groups in total. The van der Waals surface area contributed by atoms with Crippen molar-refractivity contribution in [2.24, 2.45) is 0 Å². The first-order valence-corrected chi connectivity index (χ1v) is 3.54. The van der Waals surface area contributed by atoms with E-state index in [-0.39, 0.29) is 5.24 Å². The molecule has 0 aromatic carbocycles. The zero-order valence-electron chi connectivity index (χ0n) is 7.18. The quantitative estimate of drug-likeness (QED) is 0.517. The van der Waals surface area contributed by atoms with E-state index in [9.17, 15) is 9.59 Å². The average Bonchev–Trinajstić information content (AvgIpc) is 1.88. The van der Waals surface area contributed by atoms with Gasteiger partial charge in [0.05, 0.1) is 0 Å². The fourth-order valence-corrected chi connectivity index (χ4v) is 0. The molecule has 1 unspecified atom stereocenters. The Labute approximate surface area is 76.4 Å². The maximum atomic E-state index is 9.93. The maximum Gasteiger partial charge on any atom is 0.332 e. The molecule has 0 heterocycles. The number of aliphatic hydroxyl groups excluding tert-OH is 1. The summed E-state index contributed by atoms with van der Waals surface area (Å²) in [5.74, 6) is -1.19. The summed E-state index contributed by atoms with van der Waals surface area (Å²) >= 11 is 3.48. The van der Waals surface area contributed by atoms with Crippen LogP contribution in [0.15, 0.2) is 0 Å². The largest absolute Gasteiger partial charge is 0.479 e. The number of carboxylic acid groups (broad SMARTS) is 1. The zero-order valence-corrected chi connectivity index (χ0v) is 8.08. The van der Waals surface area contributed by atoms with Crippen molar-refractivity contribution in [2.45, 2.75) is 13.0 Å². The molecule has 0 saturated heterocycles. The molecule has 0 aliphatic rings. The number of carbonyl (C=O) groups is 2. The van der Waals surface area contributed by atoms with Crippen LogP contribution >= 0.6 is 12.6 Å². The predicted octanol–water partition coefficient (Wildman–Crippen LogP) is 0.0496. The summed E-state index contributed by atoms with van der Waals surface area (Å²) < 4.78 is 0. The summed E-state index contributed by atoms with van der Waals surface area (Å²) in [4.78, 5) is 20.8. The standard InChI is InChI=1S/C3H7NOS.C3H6O3/c1-4(2)3(5)6;1-2(4)3(5)6/h1-2H3,(H,5,6);2,4H,1H3,(H,5,6). The molecule has 0 fully saturated rings. The Morgan fingerprint density at radius 3 is 1.58 bits per heavy atom. The van der Waals surface area contributed by atoms with Crippen molar-refractivity contribution in [1.82, 2.24) is 4.90 Å². The highest BCUT2D eigenvalue weighted by atomic mass is 32.1. The lowest BCUT2D eigenvalue weighted by Crippen LogP contribution is -2.13. The normalized spacial score (nSPS) is 10.8. The van der Waals surface area contributed by atoms with E-state index < -0.39 is 12.1 Å². The highest BCUT2D eigenvalue weighted by molar-refractivity contribution is 7.96. The van der Waals surface area contributed by atoms with Crippen LogP contribution in [0.2, 0.25) is 0 Å². The van der Waals surface area contributed by atoms with Crippen LogP contribution in [0.25, 0.3) is 0 Å². The third-order valence-electron chi connectivity index (χ3n) is 0.740. The minimum atomic E-state index is -1.23. The third-order valence-corrected chi connectivity index (χ3v) is 1.14. The summed E-state index contributed by atoms with van der Waals surface area (Å²) in [6.45, 7) is 1.20. The Morgan fingerprint density at radius 1 is 1.42 bits per heavy atom. The van der Waals surface area contributed by atoms with Gasteiger partial charge in [0.1, 0.15) is 6.10 Å². The first kappa shape index (κ1) is 13.8. The van der Waals surface area contributed by atoms with Gasteiger partial charge in [-0.2, -0.15) is 0 Å². The summed E-state index contributed by atoms with van der Waals surface area (Å²) in [6, 6.07) is 0. The van der Waals surface area contributed by atoms with Gasteiger partial charge in [-0.25, -0.2) is 4.79 Å². The lowest BCUT2D eigenvalue weighted by Gasteiger charge is -2.01. The van der Waals surface area contributed by atoms with Gasteiger partial charge in [0.2, 0.25) is 0 Å². The lowest BCUT2D eigenvalue weighted by atomic mass is 10.4. The van der Waals surface area contributed by atoms with Gasteiger partial charge in [-0.3, -0.25) is 4.79 Å². The van der Waals surface area contributed by atoms with E-state index in [1.54, 1.807) is 14.1 Å². The smallest absolute Gasteiger partial charge is 0.332 e.